The van der Waals surface area contributed by atoms with Crippen LogP contribution in [0.5, 0.6) is 0 Å². The summed E-state index contributed by atoms with van der Waals surface area (Å²) in [6.45, 7) is 2.62. The third-order valence-electron chi connectivity index (χ3n) is 2.38. The van der Waals surface area contributed by atoms with Gasteiger partial charge in [-0.3, -0.25) is 14.3 Å². The number of thiol groups is 1. The average molecular weight is 263 g/mol. The lowest BCUT2D eigenvalue weighted by atomic mass is 10.1. The second-order valence-corrected chi connectivity index (χ2v) is 4.50. The Morgan fingerprint density at radius 3 is 2.81 bits per heavy atom. The maximum absolute atomic E-state index is 11.5. The minimum atomic E-state index is -0.541. The molecule has 1 atom stereocenters. The van der Waals surface area contributed by atoms with Crippen molar-refractivity contribution in [2.75, 3.05) is 5.75 Å². The highest BCUT2D eigenvalue weighted by Crippen LogP contribution is 2.10. The Bertz CT molecular complexity index is 455. The maximum atomic E-state index is 11.5. The van der Waals surface area contributed by atoms with Gasteiger partial charge in [-0.2, -0.15) is 12.6 Å². The van der Waals surface area contributed by atoms with Crippen LogP contribution in [0, 0.1) is 5.92 Å². The zero-order chi connectivity index (χ0) is 12.1. The molecule has 1 aromatic rings. The molecule has 0 aliphatic carbocycles. The Kier molecular flexibility index (Phi) is 5.15. The van der Waals surface area contributed by atoms with Crippen LogP contribution in [-0.2, 0) is 6.54 Å². The fourth-order valence-corrected chi connectivity index (χ4v) is 2.01. The summed E-state index contributed by atoms with van der Waals surface area (Å²) in [5, 5.41) is 0.0361. The molecule has 4 nitrogen and oxygen atoms in total. The zero-order valence-electron chi connectivity index (χ0n) is 9.07. The molecule has 90 valence electrons. The molecule has 1 N–H and O–H groups in total. The van der Waals surface area contributed by atoms with Crippen molar-refractivity contribution in [1.82, 2.24) is 9.55 Å². The van der Waals surface area contributed by atoms with Crippen LogP contribution in [0.25, 0.3) is 0 Å². The summed E-state index contributed by atoms with van der Waals surface area (Å²) in [5.74, 6) is 1.02. The number of H-pyrrole nitrogens is 1. The molecule has 6 heteroatoms. The van der Waals surface area contributed by atoms with Crippen molar-refractivity contribution in [3.8, 4) is 0 Å². The first-order chi connectivity index (χ1) is 7.58. The Balaban J connectivity index is 2.92. The van der Waals surface area contributed by atoms with E-state index in [1.807, 2.05) is 0 Å². The number of hydrogen-bond acceptors (Lipinski definition) is 3. The normalized spacial score (nSPS) is 12.7. The number of rotatable bonds is 5. The predicted molar refractivity (Wildman–Crippen MR) is 68.6 cm³/mol. The predicted octanol–water partition coefficient (Wildman–Crippen LogP) is 1.54. The molecular formula is C10H15ClN2O2S. The van der Waals surface area contributed by atoms with E-state index in [2.05, 4.69) is 24.5 Å². The van der Waals surface area contributed by atoms with Crippen LogP contribution in [0.15, 0.2) is 15.8 Å². The van der Waals surface area contributed by atoms with E-state index in [-0.39, 0.29) is 5.02 Å². The third kappa shape index (κ3) is 3.42. The third-order valence-corrected chi connectivity index (χ3v) is 3.16. The van der Waals surface area contributed by atoms with Crippen molar-refractivity contribution in [2.24, 2.45) is 5.92 Å². The summed E-state index contributed by atoms with van der Waals surface area (Å²) in [6.07, 6.45) is 3.42. The van der Waals surface area contributed by atoms with E-state index in [4.69, 9.17) is 11.6 Å². The van der Waals surface area contributed by atoms with Crippen LogP contribution in [0.4, 0.5) is 0 Å². The summed E-state index contributed by atoms with van der Waals surface area (Å²) >= 11 is 9.91. The number of aromatic amines is 1. The summed E-state index contributed by atoms with van der Waals surface area (Å²) in [4.78, 5) is 24.7. The second kappa shape index (κ2) is 6.15. The van der Waals surface area contributed by atoms with E-state index in [1.54, 1.807) is 0 Å². The van der Waals surface area contributed by atoms with Crippen molar-refractivity contribution in [2.45, 2.75) is 26.3 Å². The Hall–Kier alpha value is -0.680. The van der Waals surface area contributed by atoms with E-state index in [9.17, 15) is 9.59 Å². The minimum absolute atomic E-state index is 0.0361. The Morgan fingerprint density at radius 2 is 2.25 bits per heavy atom. The number of aromatic nitrogens is 2. The van der Waals surface area contributed by atoms with Crippen LogP contribution in [0.2, 0.25) is 5.02 Å². The molecule has 0 aromatic carbocycles. The number of nitrogens with one attached hydrogen (secondary N) is 1. The molecule has 0 radical (unpaired) electrons. The molecule has 0 fully saturated rings. The van der Waals surface area contributed by atoms with Crippen molar-refractivity contribution in [3.05, 3.63) is 32.1 Å². The molecule has 0 spiro atoms. The van der Waals surface area contributed by atoms with Gasteiger partial charge in [0, 0.05) is 12.7 Å². The van der Waals surface area contributed by atoms with Gasteiger partial charge in [0.1, 0.15) is 5.02 Å². The van der Waals surface area contributed by atoms with E-state index in [1.165, 1.54) is 10.8 Å². The zero-order valence-corrected chi connectivity index (χ0v) is 10.7. The molecule has 0 saturated heterocycles. The maximum Gasteiger partial charge on any atom is 0.328 e. The largest absolute Gasteiger partial charge is 0.328 e. The summed E-state index contributed by atoms with van der Waals surface area (Å²) in [7, 11) is 0. The van der Waals surface area contributed by atoms with Gasteiger partial charge in [-0.15, -0.1) is 0 Å². The molecular weight excluding hydrogens is 248 g/mol. The number of hydrogen-bond donors (Lipinski definition) is 2. The van der Waals surface area contributed by atoms with Gasteiger partial charge >= 0.3 is 5.69 Å². The van der Waals surface area contributed by atoms with Gasteiger partial charge < -0.3 is 0 Å². The summed E-state index contributed by atoms with van der Waals surface area (Å²) in [5.41, 5.74) is -0.960. The van der Waals surface area contributed by atoms with Crippen molar-refractivity contribution >= 4 is 24.2 Å². The van der Waals surface area contributed by atoms with Crippen LogP contribution >= 0.6 is 24.2 Å². The van der Waals surface area contributed by atoms with Crippen molar-refractivity contribution < 1.29 is 0 Å². The van der Waals surface area contributed by atoms with Gasteiger partial charge in [0.2, 0.25) is 0 Å². The highest BCUT2D eigenvalue weighted by molar-refractivity contribution is 7.80. The molecule has 1 unspecified atom stereocenters. The number of halogens is 1. The monoisotopic (exact) mass is 262 g/mol. The van der Waals surface area contributed by atoms with Crippen molar-refractivity contribution in [1.29, 1.82) is 0 Å². The summed E-state index contributed by atoms with van der Waals surface area (Å²) in [6, 6.07) is 0. The highest BCUT2D eigenvalue weighted by Gasteiger charge is 2.09. The van der Waals surface area contributed by atoms with E-state index < -0.39 is 11.2 Å². The molecule has 1 heterocycles. The lowest BCUT2D eigenvalue weighted by Crippen LogP contribution is -2.32. The molecule has 16 heavy (non-hydrogen) atoms. The van der Waals surface area contributed by atoms with Crippen LogP contribution in [-0.4, -0.2) is 15.3 Å². The van der Waals surface area contributed by atoms with Gasteiger partial charge in [0.25, 0.3) is 5.56 Å². The minimum Gasteiger partial charge on any atom is -0.299 e. The quantitative estimate of drug-likeness (QED) is 0.791. The van der Waals surface area contributed by atoms with Crippen LogP contribution < -0.4 is 11.2 Å². The van der Waals surface area contributed by atoms with Crippen LogP contribution in [0.3, 0.4) is 0 Å². The van der Waals surface area contributed by atoms with Gasteiger partial charge in [0.15, 0.2) is 0 Å². The van der Waals surface area contributed by atoms with Gasteiger partial charge in [-0.25, -0.2) is 4.79 Å². The smallest absolute Gasteiger partial charge is 0.299 e. The van der Waals surface area contributed by atoms with Crippen molar-refractivity contribution in [3.63, 3.8) is 0 Å². The second-order valence-electron chi connectivity index (χ2n) is 3.73. The number of nitrogens with zero attached hydrogens (tertiary/aromatic N) is 1. The molecule has 1 aromatic heterocycles. The van der Waals surface area contributed by atoms with Crippen LogP contribution in [0.1, 0.15) is 19.8 Å². The fourth-order valence-electron chi connectivity index (χ4n) is 1.55. The van der Waals surface area contributed by atoms with E-state index in [0.717, 1.165) is 12.8 Å². The van der Waals surface area contributed by atoms with Gasteiger partial charge in [-0.05, 0) is 18.1 Å². The Labute approximate surface area is 104 Å². The molecule has 0 saturated carbocycles. The van der Waals surface area contributed by atoms with Gasteiger partial charge in [0.05, 0.1) is 0 Å². The topological polar surface area (TPSA) is 54.9 Å². The molecule has 0 bridgehead atoms. The molecule has 0 aliphatic heterocycles. The van der Waals surface area contributed by atoms with E-state index in [0.29, 0.717) is 18.2 Å². The standard InChI is InChI=1S/C10H15ClN2O2S/c1-2-3-7(6-16)4-13-5-8(11)9(14)12-10(13)15/h5,7,16H,2-4,6H2,1H3,(H,12,14,15). The summed E-state index contributed by atoms with van der Waals surface area (Å²) < 4.78 is 1.43. The van der Waals surface area contributed by atoms with E-state index >= 15 is 0 Å². The SMILES string of the molecule is CCCC(CS)Cn1cc(Cl)c(=O)[nH]c1=O. The lowest BCUT2D eigenvalue weighted by Gasteiger charge is -2.14. The first kappa shape index (κ1) is 13.4. The fraction of sp³-hybridized carbons (Fsp3) is 0.600. The molecule has 1 rings (SSSR count). The first-order valence-electron chi connectivity index (χ1n) is 5.18. The lowest BCUT2D eigenvalue weighted by molar-refractivity contribution is 0.441. The molecule has 0 aliphatic rings. The average Bonchev–Trinajstić information content (AvgIpc) is 2.25. The Morgan fingerprint density at radius 1 is 1.56 bits per heavy atom. The molecule has 0 amide bonds. The highest BCUT2D eigenvalue weighted by atomic mass is 35.5. The first-order valence-corrected chi connectivity index (χ1v) is 6.19. The van der Waals surface area contributed by atoms with Gasteiger partial charge in [-0.1, -0.05) is 24.9 Å².